The van der Waals surface area contributed by atoms with Gasteiger partial charge in [0.15, 0.2) is 0 Å². The summed E-state index contributed by atoms with van der Waals surface area (Å²) in [5.74, 6) is 1.88. The number of ether oxygens (including phenoxy) is 1. The molecule has 4 heteroatoms. The van der Waals surface area contributed by atoms with Gasteiger partial charge in [-0.25, -0.2) is 0 Å². The van der Waals surface area contributed by atoms with Crippen molar-refractivity contribution in [3.63, 3.8) is 0 Å². The maximum absolute atomic E-state index is 12.2. The molecule has 1 saturated heterocycles. The van der Waals surface area contributed by atoms with Crippen LogP contribution in [0.1, 0.15) is 26.2 Å². The smallest absolute Gasteiger partial charge is 0.224 e. The van der Waals surface area contributed by atoms with Crippen LogP contribution in [0.3, 0.4) is 0 Å². The Morgan fingerprint density at radius 1 is 1.50 bits per heavy atom. The van der Waals surface area contributed by atoms with Gasteiger partial charge in [-0.2, -0.15) is 0 Å². The summed E-state index contributed by atoms with van der Waals surface area (Å²) in [7, 11) is 0. The lowest BCUT2D eigenvalue weighted by atomic mass is 9.84. The summed E-state index contributed by atoms with van der Waals surface area (Å²) in [6.07, 6.45) is 4.60. The molecule has 1 aromatic rings. The van der Waals surface area contributed by atoms with Crippen molar-refractivity contribution in [2.24, 2.45) is 11.8 Å². The number of piperidine rings is 1. The van der Waals surface area contributed by atoms with Crippen molar-refractivity contribution < 1.29 is 9.53 Å². The molecule has 1 aliphatic rings. The van der Waals surface area contributed by atoms with Crippen molar-refractivity contribution in [3.05, 3.63) is 36.9 Å². The highest BCUT2D eigenvalue weighted by atomic mass is 16.5. The molecule has 4 nitrogen and oxygen atoms in total. The minimum Gasteiger partial charge on any atom is -0.489 e. The molecular formula is C18H26N2O2. The first-order valence-electron chi connectivity index (χ1n) is 8.03. The molecule has 2 N–H and O–H groups in total. The van der Waals surface area contributed by atoms with E-state index in [0.717, 1.165) is 24.5 Å². The van der Waals surface area contributed by atoms with Crippen molar-refractivity contribution in [2.45, 2.75) is 26.2 Å². The van der Waals surface area contributed by atoms with Gasteiger partial charge in [-0.3, -0.25) is 4.79 Å². The first kappa shape index (κ1) is 16.6. The molecule has 1 aliphatic heterocycles. The van der Waals surface area contributed by atoms with Gasteiger partial charge in [0.2, 0.25) is 5.91 Å². The van der Waals surface area contributed by atoms with Crippen molar-refractivity contribution in [1.82, 2.24) is 5.32 Å². The summed E-state index contributed by atoms with van der Waals surface area (Å²) in [6.45, 7) is 8.40. The van der Waals surface area contributed by atoms with Crippen molar-refractivity contribution >= 4 is 11.6 Å². The molecule has 0 radical (unpaired) electrons. The van der Waals surface area contributed by atoms with Crippen molar-refractivity contribution in [2.75, 3.05) is 25.0 Å². The van der Waals surface area contributed by atoms with E-state index in [-0.39, 0.29) is 5.91 Å². The van der Waals surface area contributed by atoms with E-state index in [1.54, 1.807) is 6.08 Å². The lowest BCUT2D eigenvalue weighted by Gasteiger charge is -2.27. The van der Waals surface area contributed by atoms with Gasteiger partial charge in [0.25, 0.3) is 0 Å². The molecule has 1 aromatic carbocycles. The van der Waals surface area contributed by atoms with Gasteiger partial charge in [0.05, 0.1) is 0 Å². The lowest BCUT2D eigenvalue weighted by molar-refractivity contribution is -0.117. The second kappa shape index (κ2) is 8.59. The van der Waals surface area contributed by atoms with Crippen LogP contribution in [-0.2, 0) is 4.79 Å². The number of carbonyl (C=O) groups excluding carboxylic acids is 1. The van der Waals surface area contributed by atoms with Gasteiger partial charge in [0.1, 0.15) is 12.4 Å². The van der Waals surface area contributed by atoms with Gasteiger partial charge in [0, 0.05) is 18.2 Å². The van der Waals surface area contributed by atoms with Gasteiger partial charge in [-0.1, -0.05) is 25.6 Å². The molecule has 1 heterocycles. The zero-order valence-electron chi connectivity index (χ0n) is 13.3. The third-order valence-corrected chi connectivity index (χ3v) is 4.18. The highest BCUT2D eigenvalue weighted by molar-refractivity contribution is 5.91. The second-order valence-electron chi connectivity index (χ2n) is 5.94. The van der Waals surface area contributed by atoms with Crippen LogP contribution in [0.25, 0.3) is 0 Å². The van der Waals surface area contributed by atoms with Crippen molar-refractivity contribution in [3.8, 4) is 5.75 Å². The van der Waals surface area contributed by atoms with Crippen LogP contribution >= 0.6 is 0 Å². The average molecular weight is 302 g/mol. The number of rotatable bonds is 7. The number of carbonyl (C=O) groups is 1. The highest BCUT2D eigenvalue weighted by Crippen LogP contribution is 2.25. The Morgan fingerprint density at radius 2 is 2.27 bits per heavy atom. The largest absolute Gasteiger partial charge is 0.489 e. The zero-order valence-corrected chi connectivity index (χ0v) is 13.3. The fourth-order valence-electron chi connectivity index (χ4n) is 2.90. The van der Waals surface area contributed by atoms with E-state index in [4.69, 9.17) is 4.74 Å². The monoisotopic (exact) mass is 302 g/mol. The number of nitrogens with one attached hydrogen (secondary N) is 2. The number of amides is 1. The second-order valence-corrected chi connectivity index (χ2v) is 5.94. The minimum absolute atomic E-state index is 0.0758. The van der Waals surface area contributed by atoms with Gasteiger partial charge in [-0.05, 0) is 49.9 Å². The quantitative estimate of drug-likeness (QED) is 0.760. The molecule has 0 bridgehead atoms. The first-order valence-corrected chi connectivity index (χ1v) is 8.03. The maximum atomic E-state index is 12.2. The van der Waals surface area contributed by atoms with Crippen LogP contribution in [0.5, 0.6) is 5.75 Å². The predicted molar refractivity (Wildman–Crippen MR) is 90.1 cm³/mol. The predicted octanol–water partition coefficient (Wildman–Crippen LogP) is 3.22. The van der Waals surface area contributed by atoms with Gasteiger partial charge in [-0.15, -0.1) is 0 Å². The fourth-order valence-corrected chi connectivity index (χ4v) is 2.90. The Hall–Kier alpha value is -1.81. The van der Waals surface area contributed by atoms with Crippen molar-refractivity contribution in [1.29, 1.82) is 0 Å². The fraction of sp³-hybridized carbons (Fsp3) is 0.500. The Bertz CT molecular complexity index is 496. The summed E-state index contributed by atoms with van der Waals surface area (Å²) in [5.41, 5.74) is 0.782. The molecule has 1 unspecified atom stereocenters. The van der Waals surface area contributed by atoms with Crippen LogP contribution < -0.4 is 15.4 Å². The van der Waals surface area contributed by atoms with Crippen LogP contribution in [0, 0.1) is 11.8 Å². The third kappa shape index (κ3) is 5.19. The number of hydrogen-bond donors (Lipinski definition) is 2. The number of hydrogen-bond acceptors (Lipinski definition) is 3. The number of benzene rings is 1. The maximum Gasteiger partial charge on any atom is 0.224 e. The average Bonchev–Trinajstić information content (AvgIpc) is 2.54. The molecule has 1 fully saturated rings. The molecule has 1 amide bonds. The molecule has 22 heavy (non-hydrogen) atoms. The molecule has 0 saturated carbocycles. The van der Waals surface area contributed by atoms with E-state index in [1.165, 1.54) is 12.8 Å². The summed E-state index contributed by atoms with van der Waals surface area (Å²) in [4.78, 5) is 12.2. The standard InChI is InChI=1S/C18H26N2O2/c1-3-11-22-17-6-4-5-16(13-17)20-18(21)12-14(2)15-7-9-19-10-8-15/h3-6,13-15,19H,1,7-12H2,2H3,(H,20,21). The van der Waals surface area contributed by atoms with Gasteiger partial charge >= 0.3 is 0 Å². The summed E-state index contributed by atoms with van der Waals surface area (Å²) in [6, 6.07) is 7.48. The highest BCUT2D eigenvalue weighted by Gasteiger charge is 2.22. The first-order chi connectivity index (χ1) is 10.7. The van der Waals surface area contributed by atoms with Crippen LogP contribution in [0.2, 0.25) is 0 Å². The Morgan fingerprint density at radius 3 is 3.00 bits per heavy atom. The van der Waals surface area contributed by atoms with Crippen LogP contribution in [-0.4, -0.2) is 25.6 Å². The van der Waals surface area contributed by atoms with E-state index in [0.29, 0.717) is 24.9 Å². The van der Waals surface area contributed by atoms with Crippen LogP contribution in [0.15, 0.2) is 36.9 Å². The number of anilines is 1. The molecule has 0 spiro atoms. The molecule has 0 aromatic heterocycles. The lowest BCUT2D eigenvalue weighted by Crippen LogP contribution is -2.32. The van der Waals surface area contributed by atoms with E-state index < -0.39 is 0 Å². The molecule has 1 atom stereocenters. The zero-order chi connectivity index (χ0) is 15.8. The molecular weight excluding hydrogens is 276 g/mol. The normalized spacial score (nSPS) is 16.8. The Balaban J connectivity index is 1.84. The van der Waals surface area contributed by atoms with Crippen LogP contribution in [0.4, 0.5) is 5.69 Å². The molecule has 0 aliphatic carbocycles. The van der Waals surface area contributed by atoms with E-state index in [9.17, 15) is 4.79 Å². The molecule has 2 rings (SSSR count). The molecule has 120 valence electrons. The Kier molecular flexibility index (Phi) is 6.46. The summed E-state index contributed by atoms with van der Waals surface area (Å²) >= 11 is 0. The minimum atomic E-state index is 0.0758. The third-order valence-electron chi connectivity index (χ3n) is 4.18. The van der Waals surface area contributed by atoms with E-state index in [1.807, 2.05) is 24.3 Å². The van der Waals surface area contributed by atoms with E-state index in [2.05, 4.69) is 24.1 Å². The SMILES string of the molecule is C=CCOc1cccc(NC(=O)CC(C)C2CCNCC2)c1. The summed E-state index contributed by atoms with van der Waals surface area (Å²) in [5, 5.41) is 6.33. The Labute approximate surface area is 132 Å². The topological polar surface area (TPSA) is 50.4 Å². The van der Waals surface area contributed by atoms with Gasteiger partial charge < -0.3 is 15.4 Å². The summed E-state index contributed by atoms with van der Waals surface area (Å²) < 4.78 is 5.48. The van der Waals surface area contributed by atoms with E-state index >= 15 is 0 Å².